The zero-order chi connectivity index (χ0) is 13.3. The van der Waals surface area contributed by atoms with Crippen LogP contribution in [0.2, 0.25) is 0 Å². The average Bonchev–Trinajstić information content (AvgIpc) is 2.26. The fourth-order valence-electron chi connectivity index (χ4n) is 2.35. The number of halogens is 1. The molecule has 18 heavy (non-hydrogen) atoms. The van der Waals surface area contributed by atoms with Gasteiger partial charge in [0.1, 0.15) is 5.75 Å². The molecule has 1 N–H and O–H groups in total. The highest BCUT2D eigenvalue weighted by molar-refractivity contribution is 9.10. The first-order valence-electron chi connectivity index (χ1n) is 5.70. The summed E-state index contributed by atoms with van der Waals surface area (Å²) in [5.74, 6) is 0.0454. The van der Waals surface area contributed by atoms with Gasteiger partial charge in [-0.1, -0.05) is 6.42 Å². The lowest BCUT2D eigenvalue weighted by Crippen LogP contribution is -2.42. The number of hydrogen-bond acceptors (Lipinski definition) is 3. The van der Waals surface area contributed by atoms with Crippen molar-refractivity contribution >= 4 is 33.7 Å². The molecule has 98 valence electrons. The predicted molar refractivity (Wildman–Crippen MR) is 75.6 cm³/mol. The van der Waals surface area contributed by atoms with E-state index in [-0.39, 0.29) is 0 Å². The highest BCUT2D eigenvalue weighted by Gasteiger charge is 2.46. The van der Waals surface area contributed by atoms with Gasteiger partial charge in [-0.2, -0.15) is 0 Å². The third kappa shape index (κ3) is 2.03. The summed E-state index contributed by atoms with van der Waals surface area (Å²) in [5, 5.41) is 9.46. The SMILES string of the molecule is COc1c(Br)cc(C2(C(=O)O)CCC2)cc1SC. The van der Waals surface area contributed by atoms with Crippen LogP contribution >= 0.6 is 27.7 Å². The first kappa shape index (κ1) is 13.7. The lowest BCUT2D eigenvalue weighted by Gasteiger charge is -2.38. The van der Waals surface area contributed by atoms with Crippen molar-refractivity contribution in [1.29, 1.82) is 0 Å². The molecule has 0 atom stereocenters. The molecular weight excluding hydrogens is 316 g/mol. The van der Waals surface area contributed by atoms with E-state index < -0.39 is 11.4 Å². The number of methoxy groups -OCH3 is 1. The lowest BCUT2D eigenvalue weighted by molar-refractivity contribution is -0.147. The summed E-state index contributed by atoms with van der Waals surface area (Å²) in [5.41, 5.74) is 0.178. The van der Waals surface area contributed by atoms with Crippen LogP contribution in [0.3, 0.4) is 0 Å². The first-order valence-corrected chi connectivity index (χ1v) is 7.72. The van der Waals surface area contributed by atoms with Gasteiger partial charge in [-0.15, -0.1) is 11.8 Å². The number of carboxylic acid groups (broad SMARTS) is 1. The normalized spacial score (nSPS) is 17.1. The van der Waals surface area contributed by atoms with Gasteiger partial charge in [0.15, 0.2) is 0 Å². The Labute approximate surface area is 119 Å². The molecule has 0 aromatic heterocycles. The Kier molecular flexibility index (Phi) is 3.92. The topological polar surface area (TPSA) is 46.5 Å². The van der Waals surface area contributed by atoms with E-state index in [2.05, 4.69) is 15.9 Å². The minimum Gasteiger partial charge on any atom is -0.494 e. The molecule has 0 saturated heterocycles. The molecule has 0 spiro atoms. The number of rotatable bonds is 4. The summed E-state index contributed by atoms with van der Waals surface area (Å²) in [7, 11) is 1.62. The quantitative estimate of drug-likeness (QED) is 0.855. The Hall–Kier alpha value is -0.680. The number of hydrogen-bond donors (Lipinski definition) is 1. The molecule has 1 fully saturated rings. The highest BCUT2D eigenvalue weighted by atomic mass is 79.9. The number of carbonyl (C=O) groups is 1. The van der Waals surface area contributed by atoms with E-state index in [0.717, 1.165) is 39.9 Å². The molecule has 1 aliphatic carbocycles. The Morgan fingerprint density at radius 3 is 2.56 bits per heavy atom. The maximum absolute atomic E-state index is 11.5. The summed E-state index contributed by atoms with van der Waals surface area (Å²) >= 11 is 5.03. The van der Waals surface area contributed by atoms with Crippen molar-refractivity contribution < 1.29 is 14.6 Å². The Bertz CT molecular complexity index is 483. The van der Waals surface area contributed by atoms with Crippen LogP contribution in [0, 0.1) is 0 Å². The van der Waals surface area contributed by atoms with E-state index in [4.69, 9.17) is 4.74 Å². The van der Waals surface area contributed by atoms with Crippen molar-refractivity contribution in [2.24, 2.45) is 0 Å². The molecule has 0 heterocycles. The van der Waals surface area contributed by atoms with Crippen molar-refractivity contribution in [3.05, 3.63) is 22.2 Å². The molecule has 1 aromatic carbocycles. The minimum absolute atomic E-state index is 0.695. The summed E-state index contributed by atoms with van der Waals surface area (Å²) in [4.78, 5) is 12.5. The van der Waals surface area contributed by atoms with Crippen LogP contribution in [-0.4, -0.2) is 24.4 Å². The molecule has 0 unspecified atom stereocenters. The Morgan fingerprint density at radius 1 is 1.50 bits per heavy atom. The monoisotopic (exact) mass is 330 g/mol. The van der Waals surface area contributed by atoms with Crippen molar-refractivity contribution in [1.82, 2.24) is 0 Å². The van der Waals surface area contributed by atoms with Crippen LogP contribution < -0.4 is 4.74 Å². The van der Waals surface area contributed by atoms with Gasteiger partial charge in [0.25, 0.3) is 0 Å². The molecule has 3 nitrogen and oxygen atoms in total. The minimum atomic E-state index is -0.724. The number of ether oxygens (including phenoxy) is 1. The van der Waals surface area contributed by atoms with Gasteiger partial charge in [0.2, 0.25) is 0 Å². The second kappa shape index (κ2) is 5.13. The molecule has 5 heteroatoms. The number of carboxylic acids is 1. The summed E-state index contributed by atoms with van der Waals surface area (Å²) in [6.07, 6.45) is 4.37. The van der Waals surface area contributed by atoms with E-state index in [1.807, 2.05) is 18.4 Å². The van der Waals surface area contributed by atoms with Crippen LogP contribution in [0.4, 0.5) is 0 Å². The predicted octanol–water partition coefficient (Wildman–Crippen LogP) is 3.69. The van der Waals surface area contributed by atoms with Gasteiger partial charge in [-0.3, -0.25) is 4.79 Å². The lowest BCUT2D eigenvalue weighted by atomic mass is 9.64. The van der Waals surface area contributed by atoms with Gasteiger partial charge < -0.3 is 9.84 Å². The van der Waals surface area contributed by atoms with Gasteiger partial charge in [0, 0.05) is 0 Å². The number of thioether (sulfide) groups is 1. The van der Waals surface area contributed by atoms with Gasteiger partial charge in [0.05, 0.1) is 21.9 Å². The van der Waals surface area contributed by atoms with Crippen molar-refractivity contribution in [3.63, 3.8) is 0 Å². The molecule has 1 aromatic rings. The third-order valence-electron chi connectivity index (χ3n) is 3.60. The fraction of sp³-hybridized carbons (Fsp3) is 0.462. The highest BCUT2D eigenvalue weighted by Crippen LogP contribution is 2.47. The van der Waals surface area contributed by atoms with Crippen LogP contribution in [-0.2, 0) is 10.2 Å². The van der Waals surface area contributed by atoms with Crippen LogP contribution in [0.1, 0.15) is 24.8 Å². The van der Waals surface area contributed by atoms with E-state index in [9.17, 15) is 9.90 Å². The molecule has 1 saturated carbocycles. The molecule has 0 bridgehead atoms. The Morgan fingerprint density at radius 2 is 2.17 bits per heavy atom. The number of aliphatic carboxylic acids is 1. The average molecular weight is 331 g/mol. The van der Waals surface area contributed by atoms with Gasteiger partial charge >= 0.3 is 5.97 Å². The second-order valence-electron chi connectivity index (χ2n) is 4.43. The fourth-order valence-corrected chi connectivity index (χ4v) is 3.73. The van der Waals surface area contributed by atoms with Crippen molar-refractivity contribution in [2.75, 3.05) is 13.4 Å². The van der Waals surface area contributed by atoms with Crippen LogP contribution in [0.5, 0.6) is 5.75 Å². The van der Waals surface area contributed by atoms with Gasteiger partial charge in [-0.25, -0.2) is 0 Å². The zero-order valence-electron chi connectivity index (χ0n) is 10.3. The summed E-state index contributed by atoms with van der Waals surface area (Å²) in [6, 6.07) is 3.83. The van der Waals surface area contributed by atoms with Crippen molar-refractivity contribution in [2.45, 2.75) is 29.6 Å². The standard InChI is InChI=1S/C13H15BrO3S/c1-17-11-9(14)6-8(7-10(11)18-2)13(12(15)16)4-3-5-13/h6-7H,3-5H2,1-2H3,(H,15,16). The molecule has 1 aliphatic rings. The smallest absolute Gasteiger partial charge is 0.314 e. The molecule has 2 rings (SSSR count). The molecular formula is C13H15BrO3S. The van der Waals surface area contributed by atoms with E-state index in [1.54, 1.807) is 18.9 Å². The maximum Gasteiger partial charge on any atom is 0.314 e. The maximum atomic E-state index is 11.5. The number of benzene rings is 1. The van der Waals surface area contributed by atoms with E-state index in [1.165, 1.54) is 0 Å². The largest absolute Gasteiger partial charge is 0.494 e. The molecule has 0 radical (unpaired) electrons. The second-order valence-corrected chi connectivity index (χ2v) is 6.14. The van der Waals surface area contributed by atoms with Crippen LogP contribution in [0.25, 0.3) is 0 Å². The summed E-state index contributed by atoms with van der Waals surface area (Å²) in [6.45, 7) is 0. The molecule has 0 amide bonds. The molecule has 0 aliphatic heterocycles. The Balaban J connectivity index is 2.52. The van der Waals surface area contributed by atoms with E-state index >= 15 is 0 Å². The van der Waals surface area contributed by atoms with Crippen LogP contribution in [0.15, 0.2) is 21.5 Å². The first-order chi connectivity index (χ1) is 8.55. The zero-order valence-corrected chi connectivity index (χ0v) is 12.7. The van der Waals surface area contributed by atoms with Crippen molar-refractivity contribution in [3.8, 4) is 5.75 Å². The third-order valence-corrected chi connectivity index (χ3v) is 4.93. The summed E-state index contributed by atoms with van der Waals surface area (Å²) < 4.78 is 6.15. The van der Waals surface area contributed by atoms with Gasteiger partial charge in [-0.05, 0) is 52.7 Å². The van der Waals surface area contributed by atoms with E-state index in [0.29, 0.717) is 0 Å².